The molecule has 1 fully saturated rings. The third-order valence-corrected chi connectivity index (χ3v) is 8.16. The summed E-state index contributed by atoms with van der Waals surface area (Å²) in [6.07, 6.45) is 7.35. The molecule has 2 aromatic heterocycles. The SMILES string of the molecule is BC(Nc1cc(Cl)c2ncc(C#N)c(NC(CC)c3cnc(F)c(F)c3)c2c1)(C1=CN(C2CC2)NN1)c1ccc(F)cc1. The number of halogens is 4. The Bertz CT molecular complexity index is 1780. The highest BCUT2D eigenvalue weighted by Gasteiger charge is 2.38. The van der Waals surface area contributed by atoms with Crippen molar-refractivity contribution in [2.24, 2.45) is 0 Å². The van der Waals surface area contributed by atoms with Crippen molar-refractivity contribution in [2.45, 2.75) is 43.7 Å². The van der Waals surface area contributed by atoms with Crippen LogP contribution in [0.15, 0.2) is 66.8 Å². The minimum Gasteiger partial charge on any atom is -0.378 e. The minimum absolute atomic E-state index is 0.250. The Balaban J connectivity index is 1.44. The van der Waals surface area contributed by atoms with E-state index in [4.69, 9.17) is 11.6 Å². The van der Waals surface area contributed by atoms with Gasteiger partial charge >= 0.3 is 0 Å². The van der Waals surface area contributed by atoms with Crippen LogP contribution in [0, 0.1) is 28.9 Å². The van der Waals surface area contributed by atoms with Crippen LogP contribution in [0.5, 0.6) is 0 Å². The molecule has 1 aliphatic heterocycles. The summed E-state index contributed by atoms with van der Waals surface area (Å²) in [5, 5.41) is 19.8. The van der Waals surface area contributed by atoms with Gasteiger partial charge in [0.2, 0.25) is 5.95 Å². The van der Waals surface area contributed by atoms with E-state index in [0.717, 1.165) is 30.2 Å². The van der Waals surface area contributed by atoms with E-state index < -0.39 is 23.2 Å². The van der Waals surface area contributed by atoms with E-state index in [1.165, 1.54) is 24.5 Å². The number of benzene rings is 2. The fourth-order valence-corrected chi connectivity index (χ4v) is 5.56. The van der Waals surface area contributed by atoms with Gasteiger partial charge in [-0.1, -0.05) is 30.7 Å². The fourth-order valence-electron chi connectivity index (χ4n) is 5.29. The number of hydrogen-bond acceptors (Lipinski definition) is 8. The highest BCUT2D eigenvalue weighted by Crippen LogP contribution is 2.39. The first-order valence-electron chi connectivity index (χ1n) is 13.9. The Morgan fingerprint density at radius 2 is 1.93 bits per heavy atom. The summed E-state index contributed by atoms with van der Waals surface area (Å²) < 4.78 is 41.5. The number of fused-ring (bicyclic) bond motifs is 1. The lowest BCUT2D eigenvalue weighted by Gasteiger charge is -2.34. The van der Waals surface area contributed by atoms with Crippen molar-refractivity contribution in [1.82, 2.24) is 25.9 Å². The molecule has 2 atom stereocenters. The van der Waals surface area contributed by atoms with Crippen LogP contribution in [0.3, 0.4) is 0 Å². The van der Waals surface area contributed by atoms with Gasteiger partial charge in [0.15, 0.2) is 5.82 Å². The largest absolute Gasteiger partial charge is 0.378 e. The van der Waals surface area contributed by atoms with Gasteiger partial charge in [-0.15, -0.1) is 5.53 Å². The molecule has 0 saturated heterocycles. The summed E-state index contributed by atoms with van der Waals surface area (Å²) in [5.74, 6) is -2.59. The van der Waals surface area contributed by atoms with Crippen LogP contribution in [0.2, 0.25) is 5.02 Å². The summed E-state index contributed by atoms with van der Waals surface area (Å²) in [7, 11) is 1.97. The van der Waals surface area contributed by atoms with Crippen molar-refractivity contribution in [3.8, 4) is 6.07 Å². The van der Waals surface area contributed by atoms with Crippen LogP contribution in [-0.4, -0.2) is 28.9 Å². The smallest absolute Gasteiger partial charge is 0.248 e. The molecule has 0 radical (unpaired) electrons. The van der Waals surface area contributed by atoms with Crippen LogP contribution >= 0.6 is 11.6 Å². The fraction of sp³-hybridized carbons (Fsp3) is 0.233. The molecular weight excluding hydrogens is 576 g/mol. The van der Waals surface area contributed by atoms with E-state index in [1.807, 2.05) is 32.0 Å². The van der Waals surface area contributed by atoms with Gasteiger partial charge in [0.25, 0.3) is 0 Å². The van der Waals surface area contributed by atoms with Gasteiger partial charge in [-0.05, 0) is 60.7 Å². The number of anilines is 2. The van der Waals surface area contributed by atoms with E-state index in [0.29, 0.717) is 45.3 Å². The van der Waals surface area contributed by atoms with Crippen LogP contribution in [0.1, 0.15) is 48.9 Å². The highest BCUT2D eigenvalue weighted by molar-refractivity contribution is 6.36. The number of pyridine rings is 2. The van der Waals surface area contributed by atoms with E-state index in [2.05, 4.69) is 37.6 Å². The van der Waals surface area contributed by atoms with Crippen molar-refractivity contribution < 1.29 is 13.2 Å². The minimum atomic E-state index is -1.18. The first-order chi connectivity index (χ1) is 20.7. The molecule has 0 amide bonds. The van der Waals surface area contributed by atoms with Gasteiger partial charge in [0.1, 0.15) is 19.7 Å². The summed E-state index contributed by atoms with van der Waals surface area (Å²) in [4.78, 5) is 7.96. The molecule has 0 bridgehead atoms. The van der Waals surface area contributed by atoms with Gasteiger partial charge in [-0.2, -0.15) is 9.65 Å². The first kappa shape index (κ1) is 28.6. The average molecular weight is 603 g/mol. The third kappa shape index (κ3) is 5.54. The molecular formula is C30H27BClF3N8. The predicted molar refractivity (Wildman–Crippen MR) is 162 cm³/mol. The van der Waals surface area contributed by atoms with Crippen molar-refractivity contribution in [2.75, 3.05) is 10.6 Å². The average Bonchev–Trinajstić information content (AvgIpc) is 3.73. The van der Waals surface area contributed by atoms with Crippen molar-refractivity contribution in [3.63, 3.8) is 0 Å². The van der Waals surface area contributed by atoms with Crippen LogP contribution < -0.4 is 21.6 Å². The van der Waals surface area contributed by atoms with E-state index in [9.17, 15) is 18.4 Å². The Kier molecular flexibility index (Phi) is 7.54. The Hall–Kier alpha value is -4.47. The maximum atomic E-state index is 14.0. The molecule has 4 N–H and O–H groups in total. The number of nitrogens with one attached hydrogen (secondary N) is 4. The molecule has 13 heteroatoms. The summed E-state index contributed by atoms with van der Waals surface area (Å²) in [6, 6.07) is 13.0. The Morgan fingerprint density at radius 3 is 2.60 bits per heavy atom. The Morgan fingerprint density at radius 1 is 1.16 bits per heavy atom. The number of hydrazine groups is 2. The van der Waals surface area contributed by atoms with Gasteiger partial charge in [-0.25, -0.2) is 13.8 Å². The second kappa shape index (κ2) is 11.3. The molecule has 1 saturated carbocycles. The molecule has 218 valence electrons. The zero-order chi connectivity index (χ0) is 30.3. The molecule has 1 aliphatic carbocycles. The normalized spacial score (nSPS) is 16.7. The van der Waals surface area contributed by atoms with Gasteiger partial charge in [0.05, 0.1) is 39.0 Å². The topological polar surface area (TPSA) is 101 Å². The lowest BCUT2D eigenvalue weighted by molar-refractivity contribution is 0.260. The molecule has 2 aliphatic rings. The molecule has 0 spiro atoms. The molecule has 6 rings (SSSR count). The van der Waals surface area contributed by atoms with E-state index in [1.54, 1.807) is 18.2 Å². The van der Waals surface area contributed by atoms with Gasteiger partial charge in [-0.3, -0.25) is 9.99 Å². The van der Waals surface area contributed by atoms with Crippen molar-refractivity contribution in [3.05, 3.63) is 106 Å². The quantitative estimate of drug-likeness (QED) is 0.150. The van der Waals surface area contributed by atoms with Crippen molar-refractivity contribution in [1.29, 1.82) is 5.26 Å². The zero-order valence-corrected chi connectivity index (χ0v) is 24.1. The van der Waals surface area contributed by atoms with Gasteiger partial charge in [0, 0.05) is 35.7 Å². The van der Waals surface area contributed by atoms with Gasteiger partial charge < -0.3 is 16.1 Å². The molecule has 2 unspecified atom stereocenters. The first-order valence-corrected chi connectivity index (χ1v) is 14.2. The molecule has 43 heavy (non-hydrogen) atoms. The van der Waals surface area contributed by atoms with Crippen LogP contribution in [-0.2, 0) is 5.44 Å². The van der Waals surface area contributed by atoms with Crippen LogP contribution in [0.4, 0.5) is 24.5 Å². The third-order valence-electron chi connectivity index (χ3n) is 7.87. The van der Waals surface area contributed by atoms with E-state index in [-0.39, 0.29) is 11.4 Å². The zero-order valence-electron chi connectivity index (χ0n) is 23.4. The Labute approximate surface area is 252 Å². The standard InChI is InChI=1S/C30H27BClF3N8/c1-2-25(16-9-24(34)29(35)38-13-16)39-27-17(12-36)14-37-28-22(27)10-20(11-23(28)32)40-30(31,18-3-5-19(33)6-4-18)26-15-43(42-41-26)21-7-8-21/h3-6,9-11,13-15,21,25,40-42H,2,7-8,31H2,1H3,(H,37,39). The second-order valence-electron chi connectivity index (χ2n) is 10.8. The lowest BCUT2D eigenvalue weighted by Crippen LogP contribution is -2.45. The highest BCUT2D eigenvalue weighted by atomic mass is 35.5. The summed E-state index contributed by atoms with van der Waals surface area (Å²) in [6.45, 7) is 1.88. The number of hydrogen-bond donors (Lipinski definition) is 4. The molecule has 3 heterocycles. The molecule has 8 nitrogen and oxygen atoms in total. The number of nitrogens with zero attached hydrogens (tertiary/aromatic N) is 4. The lowest BCUT2D eigenvalue weighted by atomic mass is 9.69. The monoisotopic (exact) mass is 602 g/mol. The second-order valence-corrected chi connectivity index (χ2v) is 11.2. The molecule has 2 aromatic carbocycles. The van der Waals surface area contributed by atoms with Crippen LogP contribution in [0.25, 0.3) is 10.9 Å². The number of nitriles is 1. The number of aromatic nitrogens is 2. The summed E-state index contributed by atoms with van der Waals surface area (Å²) in [5.41, 5.74) is 9.38. The van der Waals surface area contributed by atoms with Crippen molar-refractivity contribution >= 4 is 41.7 Å². The predicted octanol–water partition coefficient (Wildman–Crippen LogP) is 5.36. The molecule has 4 aromatic rings. The maximum Gasteiger partial charge on any atom is 0.248 e. The summed E-state index contributed by atoms with van der Waals surface area (Å²) >= 11 is 6.77. The number of rotatable bonds is 9. The maximum absolute atomic E-state index is 14.0. The van der Waals surface area contributed by atoms with E-state index >= 15 is 0 Å².